The molecule has 7 nitrogen and oxygen atoms in total. The summed E-state index contributed by atoms with van der Waals surface area (Å²) >= 11 is 0. The fourth-order valence-corrected chi connectivity index (χ4v) is 2.99. The van der Waals surface area contributed by atoms with Gasteiger partial charge in [-0.1, -0.05) is 12.1 Å². The molecule has 1 amide bonds. The summed E-state index contributed by atoms with van der Waals surface area (Å²) in [5.74, 6) is -0.642. The number of rotatable bonds is 4. The van der Waals surface area contributed by atoms with Crippen molar-refractivity contribution in [2.45, 2.75) is 24.0 Å². The number of nitrogens with one attached hydrogen (secondary N) is 1. The number of carbonyl (C=O) groups is 1. The molecule has 8 heteroatoms. The molecule has 1 aliphatic heterocycles. The predicted molar refractivity (Wildman–Crippen MR) is 81.3 cm³/mol. The molecule has 0 aliphatic carbocycles. The normalized spacial score (nSPS) is 23.2. The van der Waals surface area contributed by atoms with Crippen LogP contribution in [0, 0.1) is 5.92 Å². The van der Waals surface area contributed by atoms with Crippen molar-refractivity contribution in [1.82, 2.24) is 10.2 Å². The summed E-state index contributed by atoms with van der Waals surface area (Å²) in [7, 11) is -1.79. The minimum atomic E-state index is -3.71. The van der Waals surface area contributed by atoms with Crippen molar-refractivity contribution in [2.75, 3.05) is 20.1 Å². The second kappa shape index (κ2) is 6.74. The van der Waals surface area contributed by atoms with Gasteiger partial charge in [0.15, 0.2) is 0 Å². The number of sulfonamides is 1. The van der Waals surface area contributed by atoms with E-state index in [4.69, 9.17) is 5.14 Å². The highest BCUT2D eigenvalue weighted by molar-refractivity contribution is 7.89. The van der Waals surface area contributed by atoms with Gasteiger partial charge in [-0.05, 0) is 31.2 Å². The smallest absolute Gasteiger partial charge is 0.238 e. The zero-order valence-corrected chi connectivity index (χ0v) is 13.2. The van der Waals surface area contributed by atoms with Crippen LogP contribution in [0.1, 0.15) is 12.0 Å². The van der Waals surface area contributed by atoms with Crippen LogP contribution in [0.4, 0.5) is 0 Å². The van der Waals surface area contributed by atoms with Crippen LogP contribution in [0.2, 0.25) is 0 Å². The Morgan fingerprint density at radius 1 is 1.41 bits per heavy atom. The Bertz CT molecular complexity index is 630. The van der Waals surface area contributed by atoms with Crippen molar-refractivity contribution in [3.63, 3.8) is 0 Å². The van der Waals surface area contributed by atoms with Crippen molar-refractivity contribution in [3.05, 3.63) is 29.8 Å². The van der Waals surface area contributed by atoms with Crippen LogP contribution in [-0.2, 0) is 21.4 Å². The monoisotopic (exact) mass is 327 g/mol. The van der Waals surface area contributed by atoms with E-state index in [1.165, 1.54) is 12.1 Å². The van der Waals surface area contributed by atoms with Crippen LogP contribution in [0.5, 0.6) is 0 Å². The maximum absolute atomic E-state index is 12.1. The third-order valence-corrected chi connectivity index (χ3v) is 4.76. The van der Waals surface area contributed by atoms with E-state index in [2.05, 4.69) is 5.32 Å². The van der Waals surface area contributed by atoms with Gasteiger partial charge in [-0.25, -0.2) is 13.6 Å². The molecule has 22 heavy (non-hydrogen) atoms. The van der Waals surface area contributed by atoms with Crippen LogP contribution >= 0.6 is 0 Å². The highest BCUT2D eigenvalue weighted by atomic mass is 32.2. The first-order chi connectivity index (χ1) is 10.3. The molecular formula is C14H21N3O4S. The van der Waals surface area contributed by atoms with Crippen molar-refractivity contribution >= 4 is 15.9 Å². The molecular weight excluding hydrogens is 306 g/mol. The van der Waals surface area contributed by atoms with Gasteiger partial charge in [-0.15, -0.1) is 0 Å². The summed E-state index contributed by atoms with van der Waals surface area (Å²) in [6.07, 6.45) is -0.0431. The molecule has 4 N–H and O–H groups in total. The third kappa shape index (κ3) is 4.26. The predicted octanol–water partition coefficient (Wildman–Crippen LogP) is -0.737. The van der Waals surface area contributed by atoms with Crippen molar-refractivity contribution < 1.29 is 18.3 Å². The summed E-state index contributed by atoms with van der Waals surface area (Å²) in [6.45, 7) is 1.58. The molecule has 0 saturated carbocycles. The second-order valence-electron chi connectivity index (χ2n) is 5.63. The number of primary sulfonamides is 1. The Balaban J connectivity index is 1.93. The number of aliphatic hydroxyl groups is 1. The molecule has 1 heterocycles. The van der Waals surface area contributed by atoms with E-state index in [1.807, 2.05) is 11.9 Å². The highest BCUT2D eigenvalue weighted by Crippen LogP contribution is 2.16. The van der Waals surface area contributed by atoms with Crippen LogP contribution < -0.4 is 10.5 Å². The summed E-state index contributed by atoms with van der Waals surface area (Å²) in [5.41, 5.74) is 0.763. The molecule has 0 unspecified atom stereocenters. The quantitative estimate of drug-likeness (QED) is 0.674. The first-order valence-corrected chi connectivity index (χ1v) is 8.58. The Labute approximate surface area is 130 Å². The van der Waals surface area contributed by atoms with E-state index in [-0.39, 0.29) is 17.3 Å². The Kier molecular flexibility index (Phi) is 5.17. The zero-order valence-electron chi connectivity index (χ0n) is 12.4. The summed E-state index contributed by atoms with van der Waals surface area (Å²) in [4.78, 5) is 14.2. The van der Waals surface area contributed by atoms with Crippen LogP contribution in [-0.4, -0.2) is 50.6 Å². The lowest BCUT2D eigenvalue weighted by atomic mass is 9.94. The maximum atomic E-state index is 12.1. The number of nitrogens with zero attached hydrogens (tertiary/aromatic N) is 1. The molecule has 2 rings (SSSR count). The Morgan fingerprint density at radius 2 is 2.05 bits per heavy atom. The first kappa shape index (κ1) is 16.9. The Morgan fingerprint density at radius 3 is 2.64 bits per heavy atom. The average Bonchev–Trinajstić information content (AvgIpc) is 2.47. The van der Waals surface area contributed by atoms with Crippen molar-refractivity contribution in [3.8, 4) is 0 Å². The van der Waals surface area contributed by atoms with Gasteiger partial charge in [0.2, 0.25) is 15.9 Å². The summed E-state index contributed by atoms with van der Waals surface area (Å²) in [5, 5.41) is 17.7. The standard InChI is InChI=1S/C14H21N3O4S/c1-17-7-6-13(18)12(9-17)14(19)16-8-10-2-4-11(5-3-10)22(15,20)21/h2-5,12-13,18H,6-9H2,1H3,(H,16,19)(H2,15,20,21)/t12-,13-/m1/s1. The number of likely N-dealkylation sites (tertiary alicyclic amines) is 1. The lowest BCUT2D eigenvalue weighted by Crippen LogP contribution is -2.48. The molecule has 0 radical (unpaired) electrons. The molecule has 0 spiro atoms. The molecule has 0 aromatic heterocycles. The lowest BCUT2D eigenvalue weighted by Gasteiger charge is -2.32. The van der Waals surface area contributed by atoms with Gasteiger partial charge >= 0.3 is 0 Å². The average molecular weight is 327 g/mol. The zero-order chi connectivity index (χ0) is 16.3. The summed E-state index contributed by atoms with van der Waals surface area (Å²) in [6, 6.07) is 6.01. The third-order valence-electron chi connectivity index (χ3n) is 3.83. The molecule has 122 valence electrons. The largest absolute Gasteiger partial charge is 0.392 e. The number of amides is 1. The fraction of sp³-hybridized carbons (Fsp3) is 0.500. The first-order valence-electron chi connectivity index (χ1n) is 7.03. The fourth-order valence-electron chi connectivity index (χ4n) is 2.48. The van der Waals surface area contributed by atoms with Gasteiger partial charge in [-0.2, -0.15) is 0 Å². The molecule has 1 aromatic rings. The SMILES string of the molecule is CN1CC[C@@H](O)[C@H](C(=O)NCc2ccc(S(N)(=O)=O)cc2)C1. The molecule has 1 aliphatic rings. The number of nitrogens with two attached hydrogens (primary N) is 1. The van der Waals surface area contributed by atoms with E-state index in [0.29, 0.717) is 13.0 Å². The number of piperidine rings is 1. The summed E-state index contributed by atoms with van der Waals surface area (Å²) < 4.78 is 22.3. The molecule has 1 aromatic carbocycles. The minimum Gasteiger partial charge on any atom is -0.392 e. The van der Waals surface area contributed by atoms with Gasteiger partial charge in [-0.3, -0.25) is 4.79 Å². The number of hydrogen-bond donors (Lipinski definition) is 3. The van der Waals surface area contributed by atoms with E-state index in [9.17, 15) is 18.3 Å². The van der Waals surface area contributed by atoms with Crippen LogP contribution in [0.3, 0.4) is 0 Å². The minimum absolute atomic E-state index is 0.0342. The molecule has 1 fully saturated rings. The Hall–Kier alpha value is -1.48. The van der Waals surface area contributed by atoms with Gasteiger partial charge < -0.3 is 15.3 Å². The lowest BCUT2D eigenvalue weighted by molar-refractivity contribution is -0.131. The van der Waals surface area contributed by atoms with Crippen molar-refractivity contribution in [1.29, 1.82) is 0 Å². The molecule has 1 saturated heterocycles. The molecule has 2 atom stereocenters. The van der Waals surface area contributed by atoms with E-state index < -0.39 is 22.0 Å². The highest BCUT2D eigenvalue weighted by Gasteiger charge is 2.31. The van der Waals surface area contributed by atoms with Gasteiger partial charge in [0.05, 0.1) is 16.9 Å². The van der Waals surface area contributed by atoms with E-state index >= 15 is 0 Å². The number of carbonyl (C=O) groups excluding carboxylic acids is 1. The topological polar surface area (TPSA) is 113 Å². The van der Waals surface area contributed by atoms with Crippen LogP contribution in [0.15, 0.2) is 29.2 Å². The maximum Gasteiger partial charge on any atom is 0.238 e. The van der Waals surface area contributed by atoms with Gasteiger partial charge in [0, 0.05) is 19.6 Å². The van der Waals surface area contributed by atoms with Crippen molar-refractivity contribution in [2.24, 2.45) is 11.1 Å². The van der Waals surface area contributed by atoms with E-state index in [1.54, 1.807) is 12.1 Å². The van der Waals surface area contributed by atoms with Gasteiger partial charge in [0.25, 0.3) is 0 Å². The molecule has 0 bridgehead atoms. The van der Waals surface area contributed by atoms with E-state index in [0.717, 1.165) is 12.1 Å². The number of aliphatic hydroxyl groups excluding tert-OH is 1. The second-order valence-corrected chi connectivity index (χ2v) is 7.19. The van der Waals surface area contributed by atoms with Crippen LogP contribution in [0.25, 0.3) is 0 Å². The van der Waals surface area contributed by atoms with Gasteiger partial charge in [0.1, 0.15) is 0 Å². The number of benzene rings is 1. The number of hydrogen-bond acceptors (Lipinski definition) is 5.